The zero-order valence-corrected chi connectivity index (χ0v) is 10.1. The van der Waals surface area contributed by atoms with Crippen LogP contribution in [0.3, 0.4) is 0 Å². The van der Waals surface area contributed by atoms with Crippen molar-refractivity contribution in [3.8, 4) is 12.3 Å². The van der Waals surface area contributed by atoms with E-state index in [4.69, 9.17) is 23.1 Å². The zero-order chi connectivity index (χ0) is 13.9. The molecule has 0 unspecified atom stereocenters. The monoisotopic (exact) mass is 268 g/mol. The van der Waals surface area contributed by atoms with E-state index in [9.17, 15) is 14.9 Å². The lowest BCUT2D eigenvalue weighted by Gasteiger charge is -2.19. The van der Waals surface area contributed by atoms with E-state index in [1.807, 2.05) is 0 Å². The Balaban J connectivity index is 3.46. The van der Waals surface area contributed by atoms with Gasteiger partial charge in [-0.15, -0.1) is 6.42 Å². The lowest BCUT2D eigenvalue weighted by molar-refractivity contribution is -0.384. The number of terminal acetylenes is 1. The van der Waals surface area contributed by atoms with Crippen molar-refractivity contribution < 1.29 is 14.8 Å². The molecule has 0 atom stereocenters. The van der Waals surface area contributed by atoms with Gasteiger partial charge in [0.1, 0.15) is 0 Å². The molecule has 0 saturated heterocycles. The average molecular weight is 269 g/mol. The van der Waals surface area contributed by atoms with E-state index in [-0.39, 0.29) is 28.5 Å². The van der Waals surface area contributed by atoms with Gasteiger partial charge in [0.2, 0.25) is 0 Å². The first-order chi connectivity index (χ1) is 8.38. The summed E-state index contributed by atoms with van der Waals surface area (Å²) in [4.78, 5) is 22.5. The van der Waals surface area contributed by atoms with Crippen LogP contribution in [-0.2, 0) is 0 Å². The minimum absolute atomic E-state index is 0.0284. The maximum atomic E-state index is 11.1. The third-order valence-corrected chi connectivity index (χ3v) is 2.49. The molecule has 0 fully saturated rings. The number of anilines is 1. The van der Waals surface area contributed by atoms with Crippen LogP contribution in [0.5, 0.6) is 0 Å². The molecule has 0 heterocycles. The Labute approximate surface area is 108 Å². The van der Waals surface area contributed by atoms with Gasteiger partial charge in [0.05, 0.1) is 27.7 Å². The highest BCUT2D eigenvalue weighted by molar-refractivity contribution is 6.34. The fraction of sp³-hybridized carbons (Fsp3) is 0.182. The van der Waals surface area contributed by atoms with Crippen LogP contribution in [0.1, 0.15) is 10.4 Å². The summed E-state index contributed by atoms with van der Waals surface area (Å²) in [6.07, 6.45) is 5.13. The smallest absolute Gasteiger partial charge is 0.338 e. The summed E-state index contributed by atoms with van der Waals surface area (Å²) in [6.45, 7) is 0.137. The second-order valence-electron chi connectivity index (χ2n) is 3.45. The highest BCUT2D eigenvalue weighted by Crippen LogP contribution is 2.33. The molecular formula is C11H9ClN2O4. The van der Waals surface area contributed by atoms with E-state index in [0.29, 0.717) is 0 Å². The van der Waals surface area contributed by atoms with Gasteiger partial charge in [-0.3, -0.25) is 10.1 Å². The summed E-state index contributed by atoms with van der Waals surface area (Å²) in [5.41, 5.74) is -0.477. The number of hydrogen-bond acceptors (Lipinski definition) is 4. The molecule has 0 radical (unpaired) electrons. The number of aromatic carboxylic acids is 1. The Morgan fingerprint density at radius 2 is 2.28 bits per heavy atom. The maximum absolute atomic E-state index is 11.1. The molecular weight excluding hydrogens is 260 g/mol. The largest absolute Gasteiger partial charge is 0.478 e. The highest BCUT2D eigenvalue weighted by Gasteiger charge is 2.22. The van der Waals surface area contributed by atoms with Crippen molar-refractivity contribution in [2.24, 2.45) is 0 Å². The lowest BCUT2D eigenvalue weighted by Crippen LogP contribution is -2.20. The summed E-state index contributed by atoms with van der Waals surface area (Å²) in [5, 5.41) is 19.7. The SMILES string of the molecule is C#CCN(C)c1c(Cl)cc([N+](=O)[O-])cc1C(=O)O. The normalized spacial score (nSPS) is 9.61. The van der Waals surface area contributed by atoms with Crippen molar-refractivity contribution in [2.45, 2.75) is 0 Å². The summed E-state index contributed by atoms with van der Waals surface area (Å²) in [7, 11) is 1.55. The molecule has 18 heavy (non-hydrogen) atoms. The number of nitro benzene ring substituents is 1. The van der Waals surface area contributed by atoms with Crippen LogP contribution in [0.4, 0.5) is 11.4 Å². The Hall–Kier alpha value is -2.26. The van der Waals surface area contributed by atoms with Crippen molar-refractivity contribution in [3.05, 3.63) is 32.8 Å². The van der Waals surface area contributed by atoms with Gasteiger partial charge in [0.25, 0.3) is 5.69 Å². The molecule has 7 heteroatoms. The van der Waals surface area contributed by atoms with Crippen molar-refractivity contribution in [1.29, 1.82) is 0 Å². The molecule has 0 aliphatic rings. The van der Waals surface area contributed by atoms with Crippen LogP contribution < -0.4 is 4.90 Å². The number of carboxylic acid groups (broad SMARTS) is 1. The molecule has 0 spiro atoms. The molecule has 0 bridgehead atoms. The topological polar surface area (TPSA) is 83.7 Å². The first-order valence-corrected chi connectivity index (χ1v) is 5.12. The molecule has 1 N–H and O–H groups in total. The zero-order valence-electron chi connectivity index (χ0n) is 9.38. The van der Waals surface area contributed by atoms with Gasteiger partial charge >= 0.3 is 5.97 Å². The van der Waals surface area contributed by atoms with E-state index in [0.717, 1.165) is 12.1 Å². The standard InChI is InChI=1S/C11H9ClN2O4/c1-3-4-13(2)10-8(11(15)16)5-7(14(17)18)6-9(10)12/h1,5-6H,4H2,2H3,(H,15,16). The molecule has 0 amide bonds. The van der Waals surface area contributed by atoms with Gasteiger partial charge in [-0.05, 0) is 0 Å². The maximum Gasteiger partial charge on any atom is 0.338 e. The van der Waals surface area contributed by atoms with Gasteiger partial charge in [-0.1, -0.05) is 17.5 Å². The van der Waals surface area contributed by atoms with Gasteiger partial charge < -0.3 is 10.0 Å². The third kappa shape index (κ3) is 2.70. The molecule has 0 aliphatic carbocycles. The molecule has 1 aromatic rings. The van der Waals surface area contributed by atoms with Crippen molar-refractivity contribution in [2.75, 3.05) is 18.5 Å². The van der Waals surface area contributed by atoms with Crippen molar-refractivity contribution in [3.63, 3.8) is 0 Å². The highest BCUT2D eigenvalue weighted by atomic mass is 35.5. The van der Waals surface area contributed by atoms with E-state index in [2.05, 4.69) is 5.92 Å². The Kier molecular flexibility index (Phi) is 4.13. The van der Waals surface area contributed by atoms with Crippen LogP contribution in [0.25, 0.3) is 0 Å². The average Bonchev–Trinajstić information content (AvgIpc) is 2.27. The number of halogens is 1. The van der Waals surface area contributed by atoms with E-state index < -0.39 is 10.9 Å². The minimum atomic E-state index is -1.31. The summed E-state index contributed by atoms with van der Waals surface area (Å²) in [5.74, 6) is 1.03. The first-order valence-electron chi connectivity index (χ1n) is 4.74. The summed E-state index contributed by atoms with van der Waals surface area (Å²) >= 11 is 5.88. The van der Waals surface area contributed by atoms with Crippen LogP contribution in [0.15, 0.2) is 12.1 Å². The number of benzene rings is 1. The second-order valence-corrected chi connectivity index (χ2v) is 3.85. The predicted molar refractivity (Wildman–Crippen MR) is 67.2 cm³/mol. The quantitative estimate of drug-likeness (QED) is 0.513. The van der Waals surface area contributed by atoms with Gasteiger partial charge in [-0.2, -0.15) is 0 Å². The number of nitro groups is 1. The van der Waals surface area contributed by atoms with Crippen LogP contribution in [0, 0.1) is 22.5 Å². The van der Waals surface area contributed by atoms with E-state index in [1.54, 1.807) is 7.05 Å². The minimum Gasteiger partial charge on any atom is -0.478 e. The first kappa shape index (κ1) is 13.8. The van der Waals surface area contributed by atoms with Crippen LogP contribution >= 0.6 is 11.6 Å². The van der Waals surface area contributed by atoms with Gasteiger partial charge in [-0.25, -0.2) is 4.79 Å². The van der Waals surface area contributed by atoms with Crippen molar-refractivity contribution >= 4 is 28.9 Å². The third-order valence-electron chi connectivity index (χ3n) is 2.20. The van der Waals surface area contributed by atoms with E-state index >= 15 is 0 Å². The molecule has 0 aliphatic heterocycles. The molecule has 1 aromatic carbocycles. The number of non-ortho nitro benzene ring substituents is 1. The van der Waals surface area contributed by atoms with Crippen LogP contribution in [-0.4, -0.2) is 29.6 Å². The number of carboxylic acids is 1. The summed E-state index contributed by atoms with van der Waals surface area (Å²) in [6, 6.07) is 2.05. The van der Waals surface area contributed by atoms with Gasteiger partial charge in [0.15, 0.2) is 0 Å². The Bertz CT molecular complexity index is 551. The predicted octanol–water partition coefficient (Wildman–Crippen LogP) is 2.02. The molecule has 0 aromatic heterocycles. The number of rotatable bonds is 4. The Morgan fingerprint density at radius 1 is 1.67 bits per heavy atom. The van der Waals surface area contributed by atoms with Gasteiger partial charge in [0, 0.05) is 19.2 Å². The van der Waals surface area contributed by atoms with Crippen molar-refractivity contribution in [1.82, 2.24) is 0 Å². The number of carbonyl (C=O) groups is 1. The molecule has 1 rings (SSSR count). The van der Waals surface area contributed by atoms with Crippen LogP contribution in [0.2, 0.25) is 5.02 Å². The fourth-order valence-corrected chi connectivity index (χ4v) is 1.81. The summed E-state index contributed by atoms with van der Waals surface area (Å²) < 4.78 is 0. The molecule has 6 nitrogen and oxygen atoms in total. The molecule has 0 saturated carbocycles. The number of hydrogen-bond donors (Lipinski definition) is 1. The van der Waals surface area contributed by atoms with E-state index in [1.165, 1.54) is 4.90 Å². The number of nitrogens with zero attached hydrogens (tertiary/aromatic N) is 2. The fourth-order valence-electron chi connectivity index (χ4n) is 1.46. The Morgan fingerprint density at radius 3 is 2.72 bits per heavy atom. The second kappa shape index (κ2) is 5.38. The lowest BCUT2D eigenvalue weighted by atomic mass is 10.1. The molecule has 94 valence electrons.